The summed E-state index contributed by atoms with van der Waals surface area (Å²) in [5.41, 5.74) is 7.31. The quantitative estimate of drug-likeness (QED) is 0.586. The van der Waals surface area contributed by atoms with Gasteiger partial charge in [0.2, 0.25) is 5.91 Å². The summed E-state index contributed by atoms with van der Waals surface area (Å²) in [6.45, 7) is 2.40. The minimum atomic E-state index is -0.881. The number of amides is 2. The first kappa shape index (κ1) is 23.2. The molecule has 2 saturated carbocycles. The number of rotatable bonds is 6. The zero-order valence-corrected chi connectivity index (χ0v) is 20.0. The molecule has 3 fully saturated rings. The summed E-state index contributed by atoms with van der Waals surface area (Å²) in [7, 11) is 0. The summed E-state index contributed by atoms with van der Waals surface area (Å²) in [6.07, 6.45) is 9.67. The fraction of sp³-hybridized carbons (Fsp3) is 0.500. The van der Waals surface area contributed by atoms with Crippen molar-refractivity contribution in [2.24, 2.45) is 17.1 Å². The van der Waals surface area contributed by atoms with E-state index in [1.165, 1.54) is 0 Å². The number of aromatic nitrogens is 2. The SMILES string of the molecule is Cc1cc(Nc2cc(N3CC[C@@](C#N)(C4CC4)C3=O)ccn2)ncc1C(=O)NC1CCCCC1N. The molecule has 0 radical (unpaired) electrons. The Labute approximate surface area is 205 Å². The number of carbonyl (C=O) groups excluding carboxylic acids is 2. The Morgan fingerprint density at radius 2 is 1.97 bits per heavy atom. The summed E-state index contributed by atoms with van der Waals surface area (Å²) in [6, 6.07) is 7.68. The Hall–Kier alpha value is -3.51. The van der Waals surface area contributed by atoms with Crippen LogP contribution in [0.4, 0.5) is 17.3 Å². The van der Waals surface area contributed by atoms with Crippen LogP contribution in [0.2, 0.25) is 0 Å². The predicted molar refractivity (Wildman–Crippen MR) is 132 cm³/mol. The van der Waals surface area contributed by atoms with E-state index in [0.717, 1.165) is 44.1 Å². The molecule has 0 aromatic carbocycles. The first-order valence-corrected chi connectivity index (χ1v) is 12.4. The highest BCUT2D eigenvalue weighted by atomic mass is 16.2. The molecule has 2 aromatic heterocycles. The molecule has 3 heterocycles. The molecule has 3 aliphatic rings. The van der Waals surface area contributed by atoms with Gasteiger partial charge in [-0.1, -0.05) is 12.8 Å². The summed E-state index contributed by atoms with van der Waals surface area (Å²) in [4.78, 5) is 36.4. The Morgan fingerprint density at radius 3 is 2.69 bits per heavy atom. The highest BCUT2D eigenvalue weighted by Crippen LogP contribution is 2.51. The minimum absolute atomic E-state index is 0.00614. The van der Waals surface area contributed by atoms with E-state index < -0.39 is 5.41 Å². The molecule has 5 rings (SSSR count). The lowest BCUT2D eigenvalue weighted by Crippen LogP contribution is -2.49. The molecule has 182 valence electrons. The standard InChI is InChI=1S/C26H31N7O2/c1-16-12-22(30-14-19(16)24(34)31-21-5-3-2-4-20(21)28)32-23-13-18(8-10-29-23)33-11-9-26(15-27,25(33)35)17-6-7-17/h8,10,12-14,17,20-21H,2-7,9,11,28H2,1H3,(H,31,34)(H,29,30,32)/t20?,21?,26-/m1/s1. The number of nitrogens with zero attached hydrogens (tertiary/aromatic N) is 4. The van der Waals surface area contributed by atoms with Gasteiger partial charge < -0.3 is 21.3 Å². The summed E-state index contributed by atoms with van der Waals surface area (Å²) in [5.74, 6) is 1.000. The normalized spacial score (nSPS) is 26.3. The fourth-order valence-corrected chi connectivity index (χ4v) is 5.37. The van der Waals surface area contributed by atoms with E-state index in [2.05, 4.69) is 26.7 Å². The van der Waals surface area contributed by atoms with Crippen molar-refractivity contribution in [2.45, 2.75) is 64.0 Å². The molecule has 1 saturated heterocycles. The van der Waals surface area contributed by atoms with E-state index in [1.54, 1.807) is 35.5 Å². The summed E-state index contributed by atoms with van der Waals surface area (Å²) >= 11 is 0. The molecule has 2 amide bonds. The first-order chi connectivity index (χ1) is 16.9. The molecule has 0 spiro atoms. The summed E-state index contributed by atoms with van der Waals surface area (Å²) < 4.78 is 0. The topological polar surface area (TPSA) is 137 Å². The molecular weight excluding hydrogens is 442 g/mol. The third-order valence-corrected chi connectivity index (χ3v) is 7.63. The van der Waals surface area contributed by atoms with Crippen LogP contribution >= 0.6 is 0 Å². The van der Waals surface area contributed by atoms with Crippen LogP contribution in [0, 0.1) is 29.6 Å². The Balaban J connectivity index is 1.27. The largest absolute Gasteiger partial charge is 0.348 e. The average Bonchev–Trinajstić information content (AvgIpc) is 3.64. The van der Waals surface area contributed by atoms with Crippen LogP contribution in [0.25, 0.3) is 0 Å². The zero-order valence-electron chi connectivity index (χ0n) is 20.0. The Bertz CT molecular complexity index is 1190. The lowest BCUT2D eigenvalue weighted by Gasteiger charge is -2.29. The second kappa shape index (κ2) is 9.27. The van der Waals surface area contributed by atoms with Crippen molar-refractivity contribution in [3.05, 3.63) is 41.7 Å². The van der Waals surface area contributed by atoms with Crippen molar-refractivity contribution in [2.75, 3.05) is 16.8 Å². The molecule has 0 bridgehead atoms. The average molecular weight is 474 g/mol. The van der Waals surface area contributed by atoms with Gasteiger partial charge in [-0.3, -0.25) is 9.59 Å². The number of nitrogens with two attached hydrogens (primary N) is 1. The van der Waals surface area contributed by atoms with Crippen LogP contribution in [0.1, 0.15) is 60.9 Å². The maximum Gasteiger partial charge on any atom is 0.253 e. The van der Waals surface area contributed by atoms with Crippen molar-refractivity contribution in [1.29, 1.82) is 5.26 Å². The molecule has 9 nitrogen and oxygen atoms in total. The van der Waals surface area contributed by atoms with Gasteiger partial charge >= 0.3 is 0 Å². The number of pyridine rings is 2. The number of hydrogen-bond donors (Lipinski definition) is 3. The number of nitrogens with one attached hydrogen (secondary N) is 2. The summed E-state index contributed by atoms with van der Waals surface area (Å²) in [5, 5.41) is 16.0. The van der Waals surface area contributed by atoms with Crippen LogP contribution in [0.5, 0.6) is 0 Å². The van der Waals surface area contributed by atoms with E-state index in [4.69, 9.17) is 5.73 Å². The molecule has 4 N–H and O–H groups in total. The predicted octanol–water partition coefficient (Wildman–Crippen LogP) is 3.19. The number of carbonyl (C=O) groups is 2. The molecule has 1 aliphatic heterocycles. The number of nitriles is 1. The van der Waals surface area contributed by atoms with Crippen LogP contribution < -0.4 is 21.3 Å². The third kappa shape index (κ3) is 4.46. The Morgan fingerprint density at radius 1 is 1.20 bits per heavy atom. The Kier molecular flexibility index (Phi) is 6.15. The minimum Gasteiger partial charge on any atom is -0.348 e. The van der Waals surface area contributed by atoms with Crippen molar-refractivity contribution < 1.29 is 9.59 Å². The lowest BCUT2D eigenvalue weighted by atomic mass is 9.83. The molecule has 2 aromatic rings. The van der Waals surface area contributed by atoms with Crippen LogP contribution in [-0.2, 0) is 4.79 Å². The van der Waals surface area contributed by atoms with Crippen LogP contribution in [0.3, 0.4) is 0 Å². The van der Waals surface area contributed by atoms with Gasteiger partial charge in [0.1, 0.15) is 17.1 Å². The van der Waals surface area contributed by atoms with Gasteiger partial charge in [0.05, 0.1) is 11.6 Å². The maximum absolute atomic E-state index is 13.1. The number of hydrogen-bond acceptors (Lipinski definition) is 7. The molecular formula is C26H31N7O2. The van der Waals surface area contributed by atoms with E-state index in [0.29, 0.717) is 35.9 Å². The van der Waals surface area contributed by atoms with E-state index >= 15 is 0 Å². The second-order valence-electron chi connectivity index (χ2n) is 10.0. The van der Waals surface area contributed by atoms with E-state index in [-0.39, 0.29) is 29.8 Å². The van der Waals surface area contributed by atoms with E-state index in [1.807, 2.05) is 6.92 Å². The van der Waals surface area contributed by atoms with Gasteiger partial charge in [0, 0.05) is 42.8 Å². The van der Waals surface area contributed by atoms with Gasteiger partial charge in [0.15, 0.2) is 0 Å². The van der Waals surface area contributed by atoms with Crippen molar-refractivity contribution in [3.8, 4) is 6.07 Å². The van der Waals surface area contributed by atoms with Crippen molar-refractivity contribution in [3.63, 3.8) is 0 Å². The van der Waals surface area contributed by atoms with Gasteiger partial charge in [-0.05, 0) is 62.6 Å². The molecule has 3 atom stereocenters. The molecule has 2 aliphatic carbocycles. The highest BCUT2D eigenvalue weighted by molar-refractivity contribution is 6.02. The number of anilines is 3. The van der Waals surface area contributed by atoms with Crippen molar-refractivity contribution in [1.82, 2.24) is 15.3 Å². The zero-order chi connectivity index (χ0) is 24.6. The van der Waals surface area contributed by atoms with Gasteiger partial charge in [0.25, 0.3) is 5.91 Å². The third-order valence-electron chi connectivity index (χ3n) is 7.63. The van der Waals surface area contributed by atoms with Gasteiger partial charge in [-0.25, -0.2) is 9.97 Å². The van der Waals surface area contributed by atoms with Crippen molar-refractivity contribution >= 4 is 29.1 Å². The highest BCUT2D eigenvalue weighted by Gasteiger charge is 2.56. The maximum atomic E-state index is 13.1. The molecule has 35 heavy (non-hydrogen) atoms. The monoisotopic (exact) mass is 473 g/mol. The lowest BCUT2D eigenvalue weighted by molar-refractivity contribution is -0.123. The first-order valence-electron chi connectivity index (χ1n) is 12.4. The number of aryl methyl sites for hydroxylation is 1. The van der Waals surface area contributed by atoms with E-state index in [9.17, 15) is 14.9 Å². The smallest absolute Gasteiger partial charge is 0.253 e. The molecule has 9 heteroatoms. The van der Waals surface area contributed by atoms with Gasteiger partial charge in [-0.2, -0.15) is 5.26 Å². The second-order valence-corrected chi connectivity index (χ2v) is 10.0. The van der Waals surface area contributed by atoms with Crippen LogP contribution in [-0.4, -0.2) is 40.4 Å². The molecule has 2 unspecified atom stereocenters. The fourth-order valence-electron chi connectivity index (χ4n) is 5.37. The van der Waals surface area contributed by atoms with Gasteiger partial charge in [-0.15, -0.1) is 0 Å². The van der Waals surface area contributed by atoms with Crippen LogP contribution in [0.15, 0.2) is 30.6 Å².